The summed E-state index contributed by atoms with van der Waals surface area (Å²) in [6, 6.07) is 0. The lowest BCUT2D eigenvalue weighted by Crippen LogP contribution is -2.63. The normalized spacial score (nSPS) is 44.2. The summed E-state index contributed by atoms with van der Waals surface area (Å²) >= 11 is 0. The van der Waals surface area contributed by atoms with Crippen LogP contribution < -0.4 is 0 Å². The molecule has 0 saturated carbocycles. The lowest BCUT2D eigenvalue weighted by molar-refractivity contribution is -0.775. The van der Waals surface area contributed by atoms with E-state index in [1.807, 2.05) is 0 Å². The minimum Gasteiger partial charge on any atom is -0.385 e. The topological polar surface area (TPSA) is 110 Å². The highest BCUT2D eigenvalue weighted by Crippen LogP contribution is 2.30. The van der Waals surface area contributed by atoms with Crippen LogP contribution in [-0.2, 0) is 23.8 Å². The van der Waals surface area contributed by atoms with Gasteiger partial charge in [0.25, 0.3) is 5.09 Å². The predicted octanol–water partition coefficient (Wildman–Crippen LogP) is -0.943. The maximum atomic E-state index is 10.5. The van der Waals surface area contributed by atoms with Crippen molar-refractivity contribution in [1.29, 1.82) is 0 Å². The highest BCUT2D eigenvalue weighted by Gasteiger charge is 2.50. The Morgan fingerprint density at radius 1 is 1.44 bits per heavy atom. The molecule has 2 heterocycles. The Bertz CT molecular complexity index is 313. The number of hydrogen-bond acceptors (Lipinski definition) is 8. The van der Waals surface area contributed by atoms with Gasteiger partial charge < -0.3 is 28.9 Å². The third-order valence-corrected chi connectivity index (χ3v) is 2.90. The molecule has 0 aromatic rings. The molecule has 1 N–H and O–H groups in total. The summed E-state index contributed by atoms with van der Waals surface area (Å²) in [5.74, 6) is 0. The minimum atomic E-state index is -1.31. The second kappa shape index (κ2) is 5.33. The van der Waals surface area contributed by atoms with E-state index >= 15 is 0 Å². The number of rotatable bonds is 3. The molecule has 9 heteroatoms. The highest BCUT2D eigenvalue weighted by molar-refractivity contribution is 4.92. The highest BCUT2D eigenvalue weighted by atomic mass is 17.0. The van der Waals surface area contributed by atoms with E-state index < -0.39 is 42.1 Å². The van der Waals surface area contributed by atoms with Gasteiger partial charge in [-0.25, -0.2) is 0 Å². The molecule has 0 aliphatic carbocycles. The lowest BCUT2D eigenvalue weighted by Gasteiger charge is -2.45. The Morgan fingerprint density at radius 2 is 2.17 bits per heavy atom. The second-order valence-electron chi connectivity index (χ2n) is 4.06. The third kappa shape index (κ3) is 2.54. The van der Waals surface area contributed by atoms with E-state index in [0.29, 0.717) is 0 Å². The van der Waals surface area contributed by atoms with Crippen molar-refractivity contribution in [3.05, 3.63) is 10.1 Å². The van der Waals surface area contributed by atoms with Gasteiger partial charge in [0.05, 0.1) is 6.61 Å². The largest absolute Gasteiger partial charge is 0.385 e. The number of fused-ring (bicyclic) bond motifs is 1. The van der Waals surface area contributed by atoms with Crippen LogP contribution in [0.1, 0.15) is 6.92 Å². The predicted molar refractivity (Wildman–Crippen MR) is 53.8 cm³/mol. The molecule has 0 unspecified atom stereocenters. The molecule has 104 valence electrons. The fraction of sp³-hybridized carbons (Fsp3) is 1.00. The summed E-state index contributed by atoms with van der Waals surface area (Å²) in [6.07, 6.45) is -5.40. The van der Waals surface area contributed by atoms with Gasteiger partial charge in [0, 0.05) is 7.11 Å². The molecule has 9 nitrogen and oxygen atoms in total. The Labute approximate surface area is 103 Å². The number of ether oxygens (including phenoxy) is 4. The summed E-state index contributed by atoms with van der Waals surface area (Å²) in [5, 5.41) is 19.4. The van der Waals surface area contributed by atoms with Crippen molar-refractivity contribution in [2.45, 2.75) is 43.9 Å². The van der Waals surface area contributed by atoms with Crippen molar-refractivity contribution >= 4 is 0 Å². The van der Waals surface area contributed by atoms with Crippen LogP contribution in [0.15, 0.2) is 0 Å². The van der Waals surface area contributed by atoms with Gasteiger partial charge >= 0.3 is 0 Å². The fourth-order valence-corrected chi connectivity index (χ4v) is 2.10. The van der Waals surface area contributed by atoms with Crippen molar-refractivity contribution in [3.8, 4) is 0 Å². The number of aliphatic hydroxyl groups excluding tert-OH is 1. The molecule has 6 atom stereocenters. The van der Waals surface area contributed by atoms with E-state index in [0.717, 1.165) is 0 Å². The average Bonchev–Trinajstić information content (AvgIpc) is 2.32. The van der Waals surface area contributed by atoms with Crippen LogP contribution in [0.4, 0.5) is 0 Å². The quantitative estimate of drug-likeness (QED) is 0.514. The molecule has 2 rings (SSSR count). The molecule has 0 bridgehead atoms. The van der Waals surface area contributed by atoms with Crippen molar-refractivity contribution in [3.63, 3.8) is 0 Å². The van der Waals surface area contributed by atoms with Crippen molar-refractivity contribution in [2.24, 2.45) is 0 Å². The molecule has 0 spiro atoms. The van der Waals surface area contributed by atoms with E-state index in [4.69, 9.17) is 18.9 Å². The van der Waals surface area contributed by atoms with Crippen LogP contribution in [-0.4, -0.2) is 60.9 Å². The standard InChI is InChI=1S/C9H15NO8/c1-4-15-3-5-7(16-4)8(18-10(12)13)6(11)9(14-2)17-5/h4-9,11H,3H2,1-2H3/t4-,5-,6-,7-,8-,9+/m1/s1. The van der Waals surface area contributed by atoms with E-state index in [1.165, 1.54) is 7.11 Å². The lowest BCUT2D eigenvalue weighted by atomic mass is 9.98. The Morgan fingerprint density at radius 3 is 2.78 bits per heavy atom. The maximum absolute atomic E-state index is 10.5. The van der Waals surface area contributed by atoms with Crippen molar-refractivity contribution in [2.75, 3.05) is 13.7 Å². The molecule has 18 heavy (non-hydrogen) atoms. The van der Waals surface area contributed by atoms with Crippen LogP contribution >= 0.6 is 0 Å². The molecule has 2 saturated heterocycles. The first-order valence-electron chi connectivity index (χ1n) is 5.47. The maximum Gasteiger partial charge on any atom is 0.294 e. The van der Waals surface area contributed by atoms with Crippen LogP contribution in [0.3, 0.4) is 0 Å². The number of hydrogen-bond donors (Lipinski definition) is 1. The summed E-state index contributed by atoms with van der Waals surface area (Å²) in [6.45, 7) is 1.84. The summed E-state index contributed by atoms with van der Waals surface area (Å²) in [5.41, 5.74) is 0. The summed E-state index contributed by atoms with van der Waals surface area (Å²) < 4.78 is 20.9. The SMILES string of the molecule is CO[C@H]1O[C@@H]2CO[C@@H](C)O[C@H]2[C@H](O[N+](=O)[O-])[C@H]1O. The summed E-state index contributed by atoms with van der Waals surface area (Å²) in [7, 11) is 1.32. The zero-order valence-corrected chi connectivity index (χ0v) is 9.92. The van der Waals surface area contributed by atoms with Gasteiger partial charge in [0.1, 0.15) is 18.3 Å². The molecule has 0 radical (unpaired) electrons. The van der Waals surface area contributed by atoms with Gasteiger partial charge in [-0.15, -0.1) is 10.1 Å². The number of methoxy groups -OCH3 is 1. The van der Waals surface area contributed by atoms with E-state index in [-0.39, 0.29) is 6.61 Å². The van der Waals surface area contributed by atoms with Crippen molar-refractivity contribution < 1.29 is 34.0 Å². The van der Waals surface area contributed by atoms with Gasteiger partial charge in [0.2, 0.25) is 0 Å². The van der Waals surface area contributed by atoms with E-state index in [9.17, 15) is 15.2 Å². The van der Waals surface area contributed by atoms with E-state index in [2.05, 4.69) is 4.84 Å². The molecule has 0 amide bonds. The molecular weight excluding hydrogens is 250 g/mol. The van der Waals surface area contributed by atoms with Gasteiger partial charge in [-0.3, -0.25) is 0 Å². The molecule has 2 aliphatic heterocycles. The van der Waals surface area contributed by atoms with Gasteiger partial charge in [0.15, 0.2) is 18.7 Å². The van der Waals surface area contributed by atoms with E-state index in [1.54, 1.807) is 6.92 Å². The number of nitrogens with zero attached hydrogens (tertiary/aromatic N) is 1. The molecular formula is C9H15NO8. The molecule has 0 aromatic carbocycles. The molecule has 0 aromatic heterocycles. The Hall–Kier alpha value is -1.00. The van der Waals surface area contributed by atoms with Crippen LogP contribution in [0.2, 0.25) is 0 Å². The van der Waals surface area contributed by atoms with Crippen LogP contribution in [0.5, 0.6) is 0 Å². The first-order chi connectivity index (χ1) is 8.52. The molecule has 2 fully saturated rings. The average molecular weight is 265 g/mol. The molecule has 2 aliphatic rings. The zero-order chi connectivity index (χ0) is 13.3. The fourth-order valence-electron chi connectivity index (χ4n) is 2.10. The monoisotopic (exact) mass is 265 g/mol. The first-order valence-corrected chi connectivity index (χ1v) is 5.47. The second-order valence-corrected chi connectivity index (χ2v) is 4.06. The third-order valence-electron chi connectivity index (χ3n) is 2.90. The van der Waals surface area contributed by atoms with Gasteiger partial charge in [-0.1, -0.05) is 0 Å². The Balaban J connectivity index is 2.16. The number of aliphatic hydroxyl groups is 1. The Kier molecular flexibility index (Phi) is 3.97. The smallest absolute Gasteiger partial charge is 0.294 e. The van der Waals surface area contributed by atoms with Crippen LogP contribution in [0.25, 0.3) is 0 Å². The first kappa shape index (κ1) is 13.4. The minimum absolute atomic E-state index is 0.190. The van der Waals surface area contributed by atoms with Crippen molar-refractivity contribution in [1.82, 2.24) is 0 Å². The van der Waals surface area contributed by atoms with Gasteiger partial charge in [-0.05, 0) is 6.92 Å². The van der Waals surface area contributed by atoms with Gasteiger partial charge in [-0.2, -0.15) is 0 Å². The van der Waals surface area contributed by atoms with Crippen LogP contribution in [0, 0.1) is 10.1 Å². The summed E-state index contributed by atoms with van der Waals surface area (Å²) in [4.78, 5) is 15.0. The zero-order valence-electron chi connectivity index (χ0n) is 9.92.